The fraction of sp³-hybridized carbons (Fsp3) is 0.958. The van der Waals surface area contributed by atoms with Gasteiger partial charge in [0.2, 0.25) is 0 Å². The monoisotopic (exact) mass is 416 g/mol. The van der Waals surface area contributed by atoms with E-state index in [-0.39, 0.29) is 26.2 Å². The number of carboxylic acids is 1. The van der Waals surface area contributed by atoms with E-state index in [0.717, 1.165) is 70.6 Å². The van der Waals surface area contributed by atoms with Crippen molar-refractivity contribution in [2.45, 2.75) is 117 Å². The molecule has 0 amide bonds. The van der Waals surface area contributed by atoms with Crippen LogP contribution in [0.4, 0.5) is 0 Å². The molecule has 0 spiro atoms. The topological polar surface area (TPSA) is 98.0 Å². The molecule has 4 N–H and O–H groups in total. The second-order valence-corrected chi connectivity index (χ2v) is 9.20. The van der Waals surface area contributed by atoms with Gasteiger partial charge in [-0.3, -0.25) is 4.79 Å². The van der Waals surface area contributed by atoms with Crippen molar-refractivity contribution in [3.05, 3.63) is 0 Å². The Balaban J connectivity index is 4.42. The summed E-state index contributed by atoms with van der Waals surface area (Å²) in [5, 5.41) is 38.9. The summed E-state index contributed by atoms with van der Waals surface area (Å²) in [7, 11) is 0. The molecule has 0 aromatic rings. The number of aliphatic carboxylic acids is 1. The summed E-state index contributed by atoms with van der Waals surface area (Å²) in [5.74, 6) is -0.716. The fourth-order valence-electron chi connectivity index (χ4n) is 4.33. The van der Waals surface area contributed by atoms with Crippen molar-refractivity contribution in [2.75, 3.05) is 19.8 Å². The number of carboxylic acid groups (broad SMARTS) is 1. The third kappa shape index (κ3) is 11.4. The minimum atomic E-state index is -0.716. The van der Waals surface area contributed by atoms with Gasteiger partial charge >= 0.3 is 5.97 Å². The zero-order valence-corrected chi connectivity index (χ0v) is 19.1. The van der Waals surface area contributed by atoms with Crippen molar-refractivity contribution >= 4 is 5.97 Å². The Labute approximate surface area is 178 Å². The summed E-state index contributed by atoms with van der Waals surface area (Å²) in [6.07, 6.45) is 16.2. The van der Waals surface area contributed by atoms with Crippen LogP contribution in [0, 0.1) is 10.8 Å². The van der Waals surface area contributed by atoms with Crippen LogP contribution in [0.3, 0.4) is 0 Å². The third-order valence-electron chi connectivity index (χ3n) is 6.84. The SMILES string of the molecule is CCCCCCCCC(CO)(CCCCCCCCCC(=O)O)C(C)(CO)CO. The number of hydrogen-bond acceptors (Lipinski definition) is 4. The van der Waals surface area contributed by atoms with E-state index in [0.29, 0.717) is 0 Å². The maximum absolute atomic E-state index is 10.5. The van der Waals surface area contributed by atoms with Crippen LogP contribution in [-0.2, 0) is 4.79 Å². The summed E-state index contributed by atoms with van der Waals surface area (Å²) in [6, 6.07) is 0. The molecular weight excluding hydrogens is 368 g/mol. The first kappa shape index (κ1) is 28.4. The summed E-state index contributed by atoms with van der Waals surface area (Å²) < 4.78 is 0. The molecule has 0 aliphatic heterocycles. The smallest absolute Gasteiger partial charge is 0.303 e. The molecular formula is C24H48O5. The van der Waals surface area contributed by atoms with E-state index in [1.165, 1.54) is 25.7 Å². The van der Waals surface area contributed by atoms with Crippen molar-refractivity contribution in [1.82, 2.24) is 0 Å². The predicted octanol–water partition coefficient (Wildman–Crippen LogP) is 5.30. The molecule has 0 bridgehead atoms. The van der Waals surface area contributed by atoms with E-state index in [1.807, 2.05) is 6.92 Å². The molecule has 0 aliphatic rings. The molecule has 0 aliphatic carbocycles. The minimum Gasteiger partial charge on any atom is -0.481 e. The van der Waals surface area contributed by atoms with Crippen LogP contribution in [0.2, 0.25) is 0 Å². The zero-order chi connectivity index (χ0) is 22.0. The van der Waals surface area contributed by atoms with Crippen LogP contribution in [0.5, 0.6) is 0 Å². The molecule has 174 valence electrons. The highest BCUT2D eigenvalue weighted by atomic mass is 16.4. The molecule has 0 saturated heterocycles. The first-order valence-corrected chi connectivity index (χ1v) is 12.0. The minimum absolute atomic E-state index is 0.00870. The fourth-order valence-corrected chi connectivity index (χ4v) is 4.33. The predicted molar refractivity (Wildman–Crippen MR) is 119 cm³/mol. The van der Waals surface area contributed by atoms with Crippen molar-refractivity contribution in [1.29, 1.82) is 0 Å². The van der Waals surface area contributed by atoms with Crippen LogP contribution >= 0.6 is 0 Å². The van der Waals surface area contributed by atoms with Gasteiger partial charge in [0, 0.05) is 23.9 Å². The summed E-state index contributed by atoms with van der Waals surface area (Å²) in [5.41, 5.74) is -1.09. The lowest BCUT2D eigenvalue weighted by molar-refractivity contribution is -0.137. The van der Waals surface area contributed by atoms with Gasteiger partial charge in [-0.1, -0.05) is 90.9 Å². The van der Waals surface area contributed by atoms with Gasteiger partial charge in [0.25, 0.3) is 0 Å². The first-order valence-electron chi connectivity index (χ1n) is 12.0. The Morgan fingerprint density at radius 1 is 0.655 bits per heavy atom. The highest BCUT2D eigenvalue weighted by Gasteiger charge is 2.46. The highest BCUT2D eigenvalue weighted by Crippen LogP contribution is 2.47. The summed E-state index contributed by atoms with van der Waals surface area (Å²) >= 11 is 0. The Morgan fingerprint density at radius 2 is 1.07 bits per heavy atom. The van der Waals surface area contributed by atoms with Crippen LogP contribution in [0.15, 0.2) is 0 Å². The number of hydrogen-bond donors (Lipinski definition) is 4. The molecule has 0 aromatic carbocycles. The van der Waals surface area contributed by atoms with Gasteiger partial charge in [0.15, 0.2) is 0 Å². The third-order valence-corrected chi connectivity index (χ3v) is 6.84. The zero-order valence-electron chi connectivity index (χ0n) is 19.1. The molecule has 0 rings (SSSR count). The Hall–Kier alpha value is -0.650. The lowest BCUT2D eigenvalue weighted by Gasteiger charge is -2.46. The number of rotatable bonds is 21. The van der Waals surface area contributed by atoms with Crippen LogP contribution in [0.1, 0.15) is 117 Å². The molecule has 0 radical (unpaired) electrons. The van der Waals surface area contributed by atoms with E-state index < -0.39 is 16.8 Å². The van der Waals surface area contributed by atoms with Crippen molar-refractivity contribution in [3.63, 3.8) is 0 Å². The largest absolute Gasteiger partial charge is 0.481 e. The molecule has 29 heavy (non-hydrogen) atoms. The van der Waals surface area contributed by atoms with Gasteiger partial charge in [0.05, 0.1) is 13.2 Å². The molecule has 5 heteroatoms. The standard InChI is InChI=1S/C24H48O5/c1-3-4-5-6-11-14-17-24(21-27,23(2,19-25)20-26)18-15-12-9-7-8-10-13-16-22(28)29/h25-27H,3-21H2,1-2H3,(H,28,29). The summed E-state index contributed by atoms with van der Waals surface area (Å²) in [6.45, 7) is 3.91. The van der Waals surface area contributed by atoms with Crippen LogP contribution in [0.25, 0.3) is 0 Å². The van der Waals surface area contributed by atoms with E-state index in [2.05, 4.69) is 6.92 Å². The van der Waals surface area contributed by atoms with Crippen LogP contribution < -0.4 is 0 Å². The molecule has 0 saturated carbocycles. The molecule has 5 nitrogen and oxygen atoms in total. The maximum atomic E-state index is 10.5. The second-order valence-electron chi connectivity index (χ2n) is 9.20. The normalized spacial score (nSPS) is 14.1. The average Bonchev–Trinajstić information content (AvgIpc) is 2.72. The van der Waals surface area contributed by atoms with Crippen molar-refractivity contribution < 1.29 is 25.2 Å². The van der Waals surface area contributed by atoms with E-state index >= 15 is 0 Å². The molecule has 0 aromatic heterocycles. The number of carbonyl (C=O) groups is 1. The van der Waals surface area contributed by atoms with E-state index in [1.54, 1.807) is 0 Å². The van der Waals surface area contributed by atoms with E-state index in [9.17, 15) is 20.1 Å². The van der Waals surface area contributed by atoms with Crippen molar-refractivity contribution in [3.8, 4) is 0 Å². The Morgan fingerprint density at radius 3 is 1.45 bits per heavy atom. The lowest BCUT2D eigenvalue weighted by atomic mass is 9.60. The molecule has 0 fully saturated rings. The lowest BCUT2D eigenvalue weighted by Crippen LogP contribution is -2.48. The number of aliphatic hydroxyl groups excluding tert-OH is 3. The summed E-state index contributed by atoms with van der Waals surface area (Å²) in [4.78, 5) is 10.5. The molecule has 1 atom stereocenters. The molecule has 1 unspecified atom stereocenters. The van der Waals surface area contributed by atoms with Gasteiger partial charge in [-0.25, -0.2) is 0 Å². The van der Waals surface area contributed by atoms with E-state index in [4.69, 9.17) is 5.11 Å². The van der Waals surface area contributed by atoms with Crippen molar-refractivity contribution in [2.24, 2.45) is 10.8 Å². The van der Waals surface area contributed by atoms with Gasteiger partial charge < -0.3 is 20.4 Å². The molecule has 0 heterocycles. The van der Waals surface area contributed by atoms with Gasteiger partial charge in [-0.05, 0) is 19.3 Å². The maximum Gasteiger partial charge on any atom is 0.303 e. The van der Waals surface area contributed by atoms with Gasteiger partial charge in [-0.15, -0.1) is 0 Å². The van der Waals surface area contributed by atoms with Gasteiger partial charge in [-0.2, -0.15) is 0 Å². The Bertz CT molecular complexity index is 395. The second kappa shape index (κ2) is 17.1. The number of aliphatic hydroxyl groups is 3. The Kier molecular flexibility index (Phi) is 16.7. The number of unbranched alkanes of at least 4 members (excludes halogenated alkanes) is 11. The highest BCUT2D eigenvalue weighted by molar-refractivity contribution is 5.66. The quantitative estimate of drug-likeness (QED) is 0.190. The first-order chi connectivity index (χ1) is 13.9. The average molecular weight is 417 g/mol. The van der Waals surface area contributed by atoms with Gasteiger partial charge in [0.1, 0.15) is 0 Å². The van der Waals surface area contributed by atoms with Crippen LogP contribution in [-0.4, -0.2) is 46.2 Å².